The van der Waals surface area contributed by atoms with Gasteiger partial charge in [0.2, 0.25) is 6.17 Å². The lowest BCUT2D eigenvalue weighted by atomic mass is 10.1. The Morgan fingerprint density at radius 1 is 1.34 bits per heavy atom. The van der Waals surface area contributed by atoms with E-state index in [-0.39, 0.29) is 36.0 Å². The number of carbonyl (C=O) groups excluding carboxylic acids is 1. The summed E-state index contributed by atoms with van der Waals surface area (Å²) in [5.74, 6) is -0.676. The minimum absolute atomic E-state index is 0.0863. The molecule has 1 atom stereocenters. The van der Waals surface area contributed by atoms with Crippen molar-refractivity contribution in [2.75, 3.05) is 33.4 Å². The second-order valence-corrected chi connectivity index (χ2v) is 9.87. The summed E-state index contributed by atoms with van der Waals surface area (Å²) in [7, 11) is 1.28. The number of nitrogens with one attached hydrogen (secondary N) is 1. The van der Waals surface area contributed by atoms with E-state index >= 15 is 0 Å². The van der Waals surface area contributed by atoms with Crippen molar-refractivity contribution in [1.82, 2.24) is 15.1 Å². The number of hydrogen-bond acceptors (Lipinski definition) is 10. The third-order valence-corrected chi connectivity index (χ3v) is 6.75. The van der Waals surface area contributed by atoms with Crippen molar-refractivity contribution in [2.24, 2.45) is 16.1 Å². The molecule has 0 spiro atoms. The van der Waals surface area contributed by atoms with Crippen LogP contribution in [-0.4, -0.2) is 66.2 Å². The quantitative estimate of drug-likeness (QED) is 0.288. The highest BCUT2D eigenvalue weighted by atomic mass is 16.6. The number of rotatable bonds is 10. The van der Waals surface area contributed by atoms with E-state index in [0.717, 1.165) is 43.6 Å². The average Bonchev–Trinajstić information content (AvgIpc) is 3.33. The Morgan fingerprint density at radius 3 is 2.71 bits per heavy atom. The Morgan fingerprint density at radius 2 is 2.06 bits per heavy atom. The molecule has 1 aromatic carbocycles. The van der Waals surface area contributed by atoms with Crippen LogP contribution in [0.4, 0.5) is 0 Å². The van der Waals surface area contributed by atoms with Gasteiger partial charge < -0.3 is 15.2 Å². The predicted octanol–water partition coefficient (Wildman–Crippen LogP) is 1.76. The van der Waals surface area contributed by atoms with E-state index in [1.54, 1.807) is 4.90 Å². The third kappa shape index (κ3) is 6.49. The normalized spacial score (nSPS) is 21.5. The van der Waals surface area contributed by atoms with Gasteiger partial charge in [0.25, 0.3) is 6.02 Å². The summed E-state index contributed by atoms with van der Waals surface area (Å²) in [6.07, 6.45) is 3.41. The van der Waals surface area contributed by atoms with E-state index in [1.807, 2.05) is 12.1 Å². The first-order valence-electron chi connectivity index (χ1n) is 12.0. The van der Waals surface area contributed by atoms with Gasteiger partial charge in [0, 0.05) is 18.5 Å². The van der Waals surface area contributed by atoms with Crippen molar-refractivity contribution in [1.29, 1.82) is 0 Å². The molecule has 0 radical (unpaired) electrons. The minimum Gasteiger partial charge on any atom is -0.468 e. The lowest BCUT2D eigenvalue weighted by Gasteiger charge is -2.30. The molecule has 11 nitrogen and oxygen atoms in total. The van der Waals surface area contributed by atoms with Gasteiger partial charge in [-0.05, 0) is 49.9 Å². The monoisotopic (exact) mass is 486 g/mol. The summed E-state index contributed by atoms with van der Waals surface area (Å²) in [6, 6.07) is 8.15. The molecule has 0 bridgehead atoms. The number of aliphatic imine (C=N–C) groups is 1. The SMILES string of the molecule is COC(=O)CN(Cc1cccc(CN2CCCC2)c1)C1N=C(OCC2(C)CC2)NC(N)=C1[N+](=O)[O-]. The average molecular weight is 487 g/mol. The van der Waals surface area contributed by atoms with Gasteiger partial charge >= 0.3 is 11.7 Å². The number of carbonyl (C=O) groups is 1. The van der Waals surface area contributed by atoms with Crippen molar-refractivity contribution >= 4 is 12.0 Å². The molecule has 35 heavy (non-hydrogen) atoms. The van der Waals surface area contributed by atoms with Crippen LogP contribution in [0.2, 0.25) is 0 Å². The van der Waals surface area contributed by atoms with Gasteiger partial charge in [-0.15, -0.1) is 0 Å². The molecule has 1 aliphatic carbocycles. The van der Waals surface area contributed by atoms with Gasteiger partial charge in [-0.1, -0.05) is 31.2 Å². The fourth-order valence-electron chi connectivity index (χ4n) is 4.36. The molecular weight excluding hydrogens is 452 g/mol. The molecule has 2 aliphatic heterocycles. The first-order valence-corrected chi connectivity index (χ1v) is 12.0. The molecular formula is C24H34N6O5. The molecule has 0 amide bonds. The van der Waals surface area contributed by atoms with Crippen LogP contribution >= 0.6 is 0 Å². The van der Waals surface area contributed by atoms with E-state index < -0.39 is 17.1 Å². The van der Waals surface area contributed by atoms with Gasteiger partial charge in [0.05, 0.1) is 25.2 Å². The molecule has 190 valence electrons. The van der Waals surface area contributed by atoms with Gasteiger partial charge in [0.15, 0.2) is 5.82 Å². The summed E-state index contributed by atoms with van der Waals surface area (Å²) >= 11 is 0. The number of likely N-dealkylation sites (tertiary alicyclic amines) is 1. The third-order valence-electron chi connectivity index (χ3n) is 6.75. The van der Waals surface area contributed by atoms with Gasteiger partial charge in [-0.25, -0.2) is 4.99 Å². The second kappa shape index (κ2) is 10.6. The number of hydrogen-bond donors (Lipinski definition) is 2. The van der Waals surface area contributed by atoms with E-state index in [2.05, 4.69) is 34.3 Å². The van der Waals surface area contributed by atoms with Crippen molar-refractivity contribution in [2.45, 2.75) is 51.9 Å². The Kier molecular flexibility index (Phi) is 7.56. The van der Waals surface area contributed by atoms with E-state index in [4.69, 9.17) is 15.2 Å². The zero-order valence-electron chi connectivity index (χ0n) is 20.4. The Hall–Kier alpha value is -3.18. The van der Waals surface area contributed by atoms with Gasteiger partial charge in [-0.2, -0.15) is 0 Å². The molecule has 1 aromatic rings. The number of nitrogens with two attached hydrogens (primary N) is 1. The molecule has 0 aromatic heterocycles. The predicted molar refractivity (Wildman–Crippen MR) is 129 cm³/mol. The highest BCUT2D eigenvalue weighted by Gasteiger charge is 2.41. The van der Waals surface area contributed by atoms with Crippen molar-refractivity contribution < 1.29 is 19.2 Å². The number of amidine groups is 1. The van der Waals surface area contributed by atoms with Crippen LogP contribution in [0.5, 0.6) is 0 Å². The summed E-state index contributed by atoms with van der Waals surface area (Å²) in [5.41, 5.74) is 7.87. The van der Waals surface area contributed by atoms with Crippen LogP contribution in [0.3, 0.4) is 0 Å². The number of methoxy groups -OCH3 is 1. The smallest absolute Gasteiger partial charge is 0.325 e. The standard InChI is InChI=1S/C24H34N6O5/c1-24(8-9-24)16-35-23-26-21(25)20(30(32)33)22(27-23)29(15-19(31)34-2)14-18-7-5-6-17(12-18)13-28-10-3-4-11-28/h5-7,12,22H,3-4,8-11,13-16,25H2,1-2H3,(H,26,27). The van der Waals surface area contributed by atoms with E-state index in [9.17, 15) is 14.9 Å². The van der Waals surface area contributed by atoms with Crippen LogP contribution in [0.15, 0.2) is 40.8 Å². The lowest BCUT2D eigenvalue weighted by Crippen LogP contribution is -2.48. The second-order valence-electron chi connectivity index (χ2n) is 9.87. The summed E-state index contributed by atoms with van der Waals surface area (Å²) < 4.78 is 10.7. The van der Waals surface area contributed by atoms with Gasteiger partial charge in [-0.3, -0.25) is 30.0 Å². The first-order chi connectivity index (χ1) is 16.8. The topological polar surface area (TPSA) is 136 Å². The summed E-state index contributed by atoms with van der Waals surface area (Å²) in [4.78, 5) is 32.1. The van der Waals surface area contributed by atoms with Crippen molar-refractivity contribution in [3.05, 3.63) is 57.0 Å². The Bertz CT molecular complexity index is 1020. The molecule has 3 N–H and O–H groups in total. The number of nitro groups is 1. The molecule has 1 saturated carbocycles. The zero-order valence-corrected chi connectivity index (χ0v) is 20.4. The van der Waals surface area contributed by atoms with Crippen LogP contribution in [0.25, 0.3) is 0 Å². The van der Waals surface area contributed by atoms with E-state index in [0.29, 0.717) is 6.61 Å². The Labute approximate surface area is 205 Å². The number of ether oxygens (including phenoxy) is 2. The van der Waals surface area contributed by atoms with Crippen molar-refractivity contribution in [3.63, 3.8) is 0 Å². The van der Waals surface area contributed by atoms with E-state index in [1.165, 1.54) is 20.0 Å². The van der Waals surface area contributed by atoms with Crippen LogP contribution in [-0.2, 0) is 27.4 Å². The maximum absolute atomic E-state index is 12.3. The number of esters is 1. The molecule has 4 rings (SSSR count). The summed E-state index contributed by atoms with van der Waals surface area (Å²) in [5, 5.41) is 14.6. The first kappa shape index (κ1) is 24.9. The highest BCUT2D eigenvalue weighted by Crippen LogP contribution is 2.45. The molecule has 3 aliphatic rings. The van der Waals surface area contributed by atoms with Crippen LogP contribution < -0.4 is 11.1 Å². The van der Waals surface area contributed by atoms with Crippen LogP contribution in [0.1, 0.15) is 43.7 Å². The summed E-state index contributed by atoms with van der Waals surface area (Å²) in [6.45, 7) is 5.60. The van der Waals surface area contributed by atoms with Crippen LogP contribution in [0, 0.1) is 15.5 Å². The highest BCUT2D eigenvalue weighted by molar-refractivity contribution is 5.77. The maximum atomic E-state index is 12.3. The molecule has 11 heteroatoms. The Balaban J connectivity index is 1.58. The van der Waals surface area contributed by atoms with Gasteiger partial charge in [0.1, 0.15) is 0 Å². The molecule has 1 unspecified atom stereocenters. The fraction of sp³-hybridized carbons (Fsp3) is 0.583. The minimum atomic E-state index is -1.12. The fourth-order valence-corrected chi connectivity index (χ4v) is 4.36. The zero-order chi connectivity index (χ0) is 25.0. The maximum Gasteiger partial charge on any atom is 0.325 e. The largest absolute Gasteiger partial charge is 0.468 e. The number of nitrogens with zero attached hydrogens (tertiary/aromatic N) is 4. The number of benzene rings is 1. The molecule has 1 saturated heterocycles. The van der Waals surface area contributed by atoms with Crippen molar-refractivity contribution in [3.8, 4) is 0 Å². The lowest BCUT2D eigenvalue weighted by molar-refractivity contribution is -0.435. The molecule has 2 heterocycles. The molecule has 2 fully saturated rings.